The van der Waals surface area contributed by atoms with Crippen molar-refractivity contribution >= 4 is 34.0 Å². The van der Waals surface area contributed by atoms with Gasteiger partial charge in [0.1, 0.15) is 11.6 Å². The first-order valence-corrected chi connectivity index (χ1v) is 8.01. The highest BCUT2D eigenvalue weighted by molar-refractivity contribution is 7.99. The van der Waals surface area contributed by atoms with Gasteiger partial charge >= 0.3 is 0 Å². The van der Waals surface area contributed by atoms with E-state index in [0.29, 0.717) is 5.82 Å². The smallest absolute Gasteiger partial charge is 0.188 e. The van der Waals surface area contributed by atoms with Crippen LogP contribution in [0.5, 0.6) is 5.75 Å². The molecule has 2 heterocycles. The summed E-state index contributed by atoms with van der Waals surface area (Å²) in [6.07, 6.45) is 1.43. The van der Waals surface area contributed by atoms with Crippen LogP contribution in [0.3, 0.4) is 0 Å². The van der Waals surface area contributed by atoms with Crippen LogP contribution in [0.4, 0.5) is 10.9 Å². The Labute approximate surface area is 130 Å². The molecule has 3 rings (SSSR count). The highest BCUT2D eigenvalue weighted by Gasteiger charge is 2.09. The molecule has 0 atom stereocenters. The summed E-state index contributed by atoms with van der Waals surface area (Å²) >= 11 is 3.08. The standard InChI is InChI=1S/C15H13N3OS2/c1-10-9-20-15(17-10)18-14-13(7-11(19)8-16-14)21-12-5-3-2-4-6-12/h2-9,19H,1H3,(H,16,17,18). The van der Waals surface area contributed by atoms with Gasteiger partial charge in [0.25, 0.3) is 0 Å². The molecule has 2 aromatic heterocycles. The normalized spacial score (nSPS) is 10.5. The molecule has 0 unspecified atom stereocenters. The second-order valence-corrected chi connectivity index (χ2v) is 6.35. The van der Waals surface area contributed by atoms with Gasteiger partial charge < -0.3 is 10.4 Å². The zero-order valence-corrected chi connectivity index (χ0v) is 12.9. The van der Waals surface area contributed by atoms with Crippen molar-refractivity contribution in [2.24, 2.45) is 0 Å². The van der Waals surface area contributed by atoms with Crippen molar-refractivity contribution in [3.05, 3.63) is 53.7 Å². The van der Waals surface area contributed by atoms with E-state index in [0.717, 1.165) is 20.6 Å². The number of thiazole rings is 1. The van der Waals surface area contributed by atoms with Gasteiger partial charge in [-0.15, -0.1) is 11.3 Å². The molecule has 1 aromatic carbocycles. The van der Waals surface area contributed by atoms with Crippen molar-refractivity contribution in [1.29, 1.82) is 0 Å². The lowest BCUT2D eigenvalue weighted by Crippen LogP contribution is -1.95. The number of aromatic hydroxyl groups is 1. The van der Waals surface area contributed by atoms with E-state index in [2.05, 4.69) is 15.3 Å². The highest BCUT2D eigenvalue weighted by Crippen LogP contribution is 2.35. The van der Waals surface area contributed by atoms with Crippen LogP contribution in [0.1, 0.15) is 5.69 Å². The SMILES string of the molecule is Cc1csc(Nc2ncc(O)cc2Sc2ccccc2)n1. The third-order valence-electron chi connectivity index (χ3n) is 2.65. The van der Waals surface area contributed by atoms with Crippen LogP contribution in [-0.4, -0.2) is 15.1 Å². The number of hydrogen-bond donors (Lipinski definition) is 2. The van der Waals surface area contributed by atoms with Crippen molar-refractivity contribution in [2.75, 3.05) is 5.32 Å². The molecule has 4 nitrogen and oxygen atoms in total. The van der Waals surface area contributed by atoms with Gasteiger partial charge in [-0.05, 0) is 25.1 Å². The first-order chi connectivity index (χ1) is 10.2. The molecule has 21 heavy (non-hydrogen) atoms. The molecule has 0 aliphatic rings. The summed E-state index contributed by atoms with van der Waals surface area (Å²) in [5.41, 5.74) is 0.971. The third-order valence-corrected chi connectivity index (χ3v) is 4.57. The summed E-state index contributed by atoms with van der Waals surface area (Å²) in [7, 11) is 0. The van der Waals surface area contributed by atoms with Gasteiger partial charge in [0.15, 0.2) is 5.13 Å². The van der Waals surface area contributed by atoms with Crippen molar-refractivity contribution in [2.45, 2.75) is 16.7 Å². The number of aromatic nitrogens is 2. The Hall–Kier alpha value is -2.05. The van der Waals surface area contributed by atoms with Crippen LogP contribution >= 0.6 is 23.1 Å². The van der Waals surface area contributed by atoms with Crippen LogP contribution < -0.4 is 5.32 Å². The fourth-order valence-electron chi connectivity index (χ4n) is 1.73. The Balaban J connectivity index is 1.89. The number of hydrogen-bond acceptors (Lipinski definition) is 6. The van der Waals surface area contributed by atoms with Gasteiger partial charge in [0.05, 0.1) is 16.8 Å². The number of benzene rings is 1. The minimum atomic E-state index is 0.148. The minimum absolute atomic E-state index is 0.148. The Morgan fingerprint density at radius 3 is 2.76 bits per heavy atom. The number of aryl methyl sites for hydroxylation is 1. The van der Waals surface area contributed by atoms with Gasteiger partial charge in [-0.1, -0.05) is 30.0 Å². The topological polar surface area (TPSA) is 58.0 Å². The average molecular weight is 315 g/mol. The molecule has 0 spiro atoms. The van der Waals surface area contributed by atoms with E-state index in [9.17, 15) is 5.11 Å². The summed E-state index contributed by atoms with van der Waals surface area (Å²) in [6, 6.07) is 11.7. The lowest BCUT2D eigenvalue weighted by molar-refractivity contribution is 0.471. The van der Waals surface area contributed by atoms with Crippen molar-refractivity contribution in [3.63, 3.8) is 0 Å². The van der Waals surface area contributed by atoms with E-state index >= 15 is 0 Å². The maximum absolute atomic E-state index is 9.67. The van der Waals surface area contributed by atoms with Crippen LogP contribution in [0.2, 0.25) is 0 Å². The summed E-state index contributed by atoms with van der Waals surface area (Å²) in [6.45, 7) is 1.95. The second kappa shape index (κ2) is 6.15. The first-order valence-electron chi connectivity index (χ1n) is 6.32. The Bertz CT molecular complexity index is 744. The van der Waals surface area contributed by atoms with Crippen LogP contribution in [0.15, 0.2) is 57.8 Å². The molecule has 3 aromatic rings. The van der Waals surface area contributed by atoms with Gasteiger partial charge in [-0.2, -0.15) is 0 Å². The molecule has 6 heteroatoms. The number of pyridine rings is 1. The van der Waals surface area contributed by atoms with E-state index in [4.69, 9.17) is 0 Å². The van der Waals surface area contributed by atoms with E-state index in [1.54, 1.807) is 17.8 Å². The molecule has 0 saturated carbocycles. The number of anilines is 2. The summed E-state index contributed by atoms with van der Waals surface area (Å²) in [5.74, 6) is 0.838. The van der Waals surface area contributed by atoms with Crippen molar-refractivity contribution < 1.29 is 5.11 Å². The Kier molecular flexibility index (Phi) is 4.08. The Morgan fingerprint density at radius 2 is 2.05 bits per heavy atom. The molecule has 0 amide bonds. The molecule has 0 bridgehead atoms. The number of nitrogens with one attached hydrogen (secondary N) is 1. The van der Waals surface area contributed by atoms with Crippen LogP contribution in [0.25, 0.3) is 0 Å². The molecule has 2 N–H and O–H groups in total. The molecular formula is C15H13N3OS2. The van der Waals surface area contributed by atoms with Gasteiger partial charge in [-0.3, -0.25) is 0 Å². The van der Waals surface area contributed by atoms with E-state index in [1.807, 2.05) is 42.6 Å². The molecule has 0 radical (unpaired) electrons. The molecule has 0 saturated heterocycles. The van der Waals surface area contributed by atoms with Gasteiger partial charge in [-0.25, -0.2) is 9.97 Å². The lowest BCUT2D eigenvalue weighted by atomic mass is 10.4. The highest BCUT2D eigenvalue weighted by atomic mass is 32.2. The molecule has 0 aliphatic carbocycles. The lowest BCUT2D eigenvalue weighted by Gasteiger charge is -2.09. The van der Waals surface area contributed by atoms with E-state index in [1.165, 1.54) is 17.5 Å². The summed E-state index contributed by atoms with van der Waals surface area (Å²) in [4.78, 5) is 10.6. The van der Waals surface area contributed by atoms with Gasteiger partial charge in [0, 0.05) is 10.3 Å². The molecule has 0 aliphatic heterocycles. The fraction of sp³-hybridized carbons (Fsp3) is 0.0667. The third kappa shape index (κ3) is 3.53. The maximum atomic E-state index is 9.67. The summed E-state index contributed by atoms with van der Waals surface area (Å²) < 4.78 is 0. The number of rotatable bonds is 4. The minimum Gasteiger partial charge on any atom is -0.506 e. The van der Waals surface area contributed by atoms with E-state index in [-0.39, 0.29) is 5.75 Å². The zero-order chi connectivity index (χ0) is 14.7. The maximum Gasteiger partial charge on any atom is 0.188 e. The predicted molar refractivity (Wildman–Crippen MR) is 86.6 cm³/mol. The van der Waals surface area contributed by atoms with Crippen LogP contribution in [0, 0.1) is 6.92 Å². The first kappa shape index (κ1) is 13.9. The second-order valence-electron chi connectivity index (χ2n) is 4.37. The zero-order valence-electron chi connectivity index (χ0n) is 11.3. The van der Waals surface area contributed by atoms with Crippen molar-refractivity contribution in [3.8, 4) is 5.75 Å². The average Bonchev–Trinajstić information content (AvgIpc) is 2.88. The number of nitrogens with zero attached hydrogens (tertiary/aromatic N) is 2. The molecular weight excluding hydrogens is 302 g/mol. The largest absolute Gasteiger partial charge is 0.506 e. The Morgan fingerprint density at radius 1 is 1.24 bits per heavy atom. The quantitative estimate of drug-likeness (QED) is 0.745. The molecule has 106 valence electrons. The molecule has 0 fully saturated rings. The van der Waals surface area contributed by atoms with E-state index < -0.39 is 0 Å². The van der Waals surface area contributed by atoms with Crippen LogP contribution in [-0.2, 0) is 0 Å². The summed E-state index contributed by atoms with van der Waals surface area (Å²) in [5, 5.41) is 15.6. The predicted octanol–water partition coefficient (Wildman–Crippen LogP) is 4.45. The van der Waals surface area contributed by atoms with Crippen molar-refractivity contribution in [1.82, 2.24) is 9.97 Å². The fourth-order valence-corrected chi connectivity index (χ4v) is 3.35. The van der Waals surface area contributed by atoms with Gasteiger partial charge in [0.2, 0.25) is 0 Å². The monoisotopic (exact) mass is 315 g/mol.